The number of aryl methyl sites for hydroxylation is 1. The first-order valence-corrected chi connectivity index (χ1v) is 14.3. The van der Waals surface area contributed by atoms with E-state index in [4.69, 9.17) is 4.43 Å². The molecule has 0 aromatic heterocycles. The summed E-state index contributed by atoms with van der Waals surface area (Å²) in [5.74, 6) is -0.261. The normalized spacial score (nSPS) is 18.0. The Morgan fingerprint density at radius 3 is 2.52 bits per heavy atom. The Bertz CT molecular complexity index is 741. The average molecular weight is 448 g/mol. The minimum Gasteiger partial charge on any atom is -0.413 e. The van der Waals surface area contributed by atoms with Crippen LogP contribution < -0.4 is 16.0 Å². The Kier molecular flexibility index (Phi) is 9.27. The van der Waals surface area contributed by atoms with Crippen LogP contribution in [0, 0.1) is 0 Å². The first kappa shape index (κ1) is 25.6. The van der Waals surface area contributed by atoms with Gasteiger partial charge in [0, 0.05) is 24.2 Å². The van der Waals surface area contributed by atoms with Crippen molar-refractivity contribution in [1.29, 1.82) is 0 Å². The Morgan fingerprint density at radius 1 is 1.23 bits per heavy atom. The van der Waals surface area contributed by atoms with Crippen molar-refractivity contribution in [2.45, 2.75) is 96.6 Å². The number of hydrogen-bond donors (Lipinski definition) is 3. The summed E-state index contributed by atoms with van der Waals surface area (Å²) in [7, 11) is -1.64. The maximum atomic E-state index is 12.7. The molecule has 0 bridgehead atoms. The number of anilines is 1. The summed E-state index contributed by atoms with van der Waals surface area (Å²) in [6.07, 6.45) is 1.77. The zero-order chi connectivity index (χ0) is 23.1. The van der Waals surface area contributed by atoms with Gasteiger partial charge in [-0.2, -0.15) is 0 Å². The van der Waals surface area contributed by atoms with Crippen LogP contribution in [0.2, 0.25) is 18.1 Å². The van der Waals surface area contributed by atoms with E-state index >= 15 is 0 Å². The van der Waals surface area contributed by atoms with Crippen molar-refractivity contribution in [3.8, 4) is 0 Å². The highest BCUT2D eigenvalue weighted by atomic mass is 28.4. The van der Waals surface area contributed by atoms with Crippen molar-refractivity contribution in [1.82, 2.24) is 10.6 Å². The van der Waals surface area contributed by atoms with Crippen LogP contribution in [-0.4, -0.2) is 44.4 Å². The summed E-state index contributed by atoms with van der Waals surface area (Å²) in [6, 6.07) is 10.7. The van der Waals surface area contributed by atoms with Crippen LogP contribution in [-0.2, 0) is 20.4 Å². The number of carbonyl (C=O) groups excluding carboxylic acids is 2. The molecule has 0 fully saturated rings. The Hall–Kier alpha value is -1.70. The van der Waals surface area contributed by atoms with Crippen LogP contribution in [0.5, 0.6) is 0 Å². The van der Waals surface area contributed by atoms with Gasteiger partial charge in [-0.15, -0.1) is 0 Å². The van der Waals surface area contributed by atoms with Crippen molar-refractivity contribution in [3.63, 3.8) is 0 Å². The van der Waals surface area contributed by atoms with E-state index in [1.54, 1.807) is 0 Å². The molecule has 0 saturated carbocycles. The van der Waals surface area contributed by atoms with Crippen molar-refractivity contribution in [3.05, 3.63) is 29.8 Å². The molecule has 1 aromatic rings. The minimum atomic E-state index is -1.64. The summed E-state index contributed by atoms with van der Waals surface area (Å²) in [6.45, 7) is 13.5. The molecule has 2 rings (SSSR count). The lowest BCUT2D eigenvalue weighted by atomic mass is 9.99. The van der Waals surface area contributed by atoms with Gasteiger partial charge in [0.1, 0.15) is 6.04 Å². The number of rotatable bonds is 11. The largest absolute Gasteiger partial charge is 0.413 e. The van der Waals surface area contributed by atoms with Gasteiger partial charge in [-0.25, -0.2) is 0 Å². The van der Waals surface area contributed by atoms with E-state index in [-0.39, 0.29) is 23.5 Å². The summed E-state index contributed by atoms with van der Waals surface area (Å²) < 4.78 is 6.49. The zero-order valence-electron chi connectivity index (χ0n) is 20.1. The molecule has 3 N–H and O–H groups in total. The number of carbonyl (C=O) groups is 2. The molecule has 0 unspecified atom stereocenters. The molecule has 0 radical (unpaired) electrons. The highest BCUT2D eigenvalue weighted by molar-refractivity contribution is 6.73. The van der Waals surface area contributed by atoms with Crippen molar-refractivity contribution in [2.75, 3.05) is 11.9 Å². The lowest BCUT2D eigenvalue weighted by molar-refractivity contribution is -0.127. The van der Waals surface area contributed by atoms with Crippen molar-refractivity contribution < 1.29 is 14.0 Å². The molecule has 1 aliphatic heterocycles. The quantitative estimate of drug-likeness (QED) is 0.444. The average Bonchev–Trinajstić information content (AvgIpc) is 2.89. The van der Waals surface area contributed by atoms with Crippen molar-refractivity contribution in [2.24, 2.45) is 0 Å². The van der Waals surface area contributed by atoms with E-state index in [1.165, 1.54) is 0 Å². The lowest BCUT2D eigenvalue weighted by Crippen LogP contribution is -2.51. The molecular weight excluding hydrogens is 406 g/mol. The smallest absolute Gasteiger partial charge is 0.246 e. The molecule has 1 aromatic carbocycles. The molecule has 6 nitrogen and oxygen atoms in total. The maximum Gasteiger partial charge on any atom is 0.246 e. The standard InChI is InChI=1S/C24H41N3O3Si/c1-7-31(8-2,9-3)30-18(4)17-25-24(5,6)16-22(28)26-21-15-14-19-12-10-11-13-20(19)27-23(21)29/h10-13,18,21,25H,7-9,14-17H2,1-6H3,(H,26,28)(H,27,29)/t18-,21-/m1/s1. The third kappa shape index (κ3) is 7.44. The predicted octanol–water partition coefficient (Wildman–Crippen LogP) is 4.22. The van der Waals surface area contributed by atoms with Gasteiger partial charge in [0.25, 0.3) is 0 Å². The molecule has 0 spiro atoms. The van der Waals surface area contributed by atoms with Crippen LogP contribution in [0.4, 0.5) is 5.69 Å². The molecule has 2 amide bonds. The summed E-state index contributed by atoms with van der Waals surface area (Å²) in [4.78, 5) is 25.3. The fourth-order valence-electron chi connectivity index (χ4n) is 4.25. The van der Waals surface area contributed by atoms with Gasteiger partial charge in [-0.05, 0) is 63.4 Å². The fourth-order valence-corrected chi connectivity index (χ4v) is 7.18. The first-order valence-electron chi connectivity index (χ1n) is 11.7. The third-order valence-corrected chi connectivity index (χ3v) is 11.3. The molecule has 174 valence electrons. The lowest BCUT2D eigenvalue weighted by Gasteiger charge is -2.34. The molecular formula is C24H41N3O3Si. The van der Waals surface area contributed by atoms with Crippen LogP contribution >= 0.6 is 0 Å². The van der Waals surface area contributed by atoms with E-state index in [2.05, 4.69) is 43.6 Å². The minimum absolute atomic E-state index is 0.111. The molecule has 7 heteroatoms. The van der Waals surface area contributed by atoms with Gasteiger partial charge in [-0.1, -0.05) is 39.0 Å². The summed E-state index contributed by atoms with van der Waals surface area (Å²) >= 11 is 0. The fraction of sp³-hybridized carbons (Fsp3) is 0.667. The van der Waals surface area contributed by atoms with Gasteiger partial charge in [-0.3, -0.25) is 9.59 Å². The molecule has 0 saturated heterocycles. The van der Waals surface area contributed by atoms with E-state index in [0.29, 0.717) is 19.4 Å². The number of hydrogen-bond acceptors (Lipinski definition) is 4. The Balaban J connectivity index is 1.84. The van der Waals surface area contributed by atoms with Crippen molar-refractivity contribution >= 4 is 25.8 Å². The second kappa shape index (κ2) is 11.2. The number of fused-ring (bicyclic) bond motifs is 1. The number of benzene rings is 1. The van der Waals surface area contributed by atoms with E-state index in [9.17, 15) is 9.59 Å². The highest BCUT2D eigenvalue weighted by Crippen LogP contribution is 2.24. The predicted molar refractivity (Wildman–Crippen MR) is 130 cm³/mol. The molecule has 0 aliphatic carbocycles. The Labute approximate surface area is 189 Å². The topological polar surface area (TPSA) is 79.5 Å². The van der Waals surface area contributed by atoms with Crippen LogP contribution in [0.25, 0.3) is 0 Å². The SMILES string of the molecule is CC[Si](CC)(CC)O[C@H](C)CNC(C)(C)CC(=O)N[C@@H]1CCc2ccccc2NC1=O. The number of nitrogens with one attached hydrogen (secondary N) is 3. The van der Waals surface area contributed by atoms with E-state index < -0.39 is 14.4 Å². The maximum absolute atomic E-state index is 12.7. The molecule has 2 atom stereocenters. The van der Waals surface area contributed by atoms with Crippen LogP contribution in [0.15, 0.2) is 24.3 Å². The summed E-state index contributed by atoms with van der Waals surface area (Å²) in [5.41, 5.74) is 1.56. The van der Waals surface area contributed by atoms with Gasteiger partial charge in [0.2, 0.25) is 11.8 Å². The van der Waals surface area contributed by atoms with Gasteiger partial charge in [0.15, 0.2) is 8.32 Å². The van der Waals surface area contributed by atoms with Crippen LogP contribution in [0.3, 0.4) is 0 Å². The number of para-hydroxylation sites is 1. The van der Waals surface area contributed by atoms with Gasteiger partial charge < -0.3 is 20.4 Å². The van der Waals surface area contributed by atoms with E-state index in [0.717, 1.165) is 35.8 Å². The molecule has 1 aliphatic rings. The van der Waals surface area contributed by atoms with Gasteiger partial charge in [0.05, 0.1) is 6.10 Å². The summed E-state index contributed by atoms with van der Waals surface area (Å²) in [5, 5.41) is 9.37. The number of amides is 2. The first-order chi connectivity index (χ1) is 14.6. The zero-order valence-corrected chi connectivity index (χ0v) is 21.1. The van der Waals surface area contributed by atoms with Crippen LogP contribution in [0.1, 0.15) is 59.9 Å². The highest BCUT2D eigenvalue weighted by Gasteiger charge is 2.32. The molecule has 31 heavy (non-hydrogen) atoms. The second-order valence-corrected chi connectivity index (χ2v) is 14.1. The van der Waals surface area contributed by atoms with E-state index in [1.807, 2.05) is 38.1 Å². The monoisotopic (exact) mass is 447 g/mol. The van der Waals surface area contributed by atoms with Gasteiger partial charge >= 0.3 is 0 Å². The third-order valence-electron chi connectivity index (χ3n) is 6.48. The molecule has 1 heterocycles. The second-order valence-electron chi connectivity index (χ2n) is 9.42. The Morgan fingerprint density at radius 2 is 1.87 bits per heavy atom.